The first-order valence-corrected chi connectivity index (χ1v) is 9.19. The molecule has 0 bridgehead atoms. The monoisotopic (exact) mass is 353 g/mol. The highest BCUT2D eigenvalue weighted by atomic mass is 16.5. The minimum atomic E-state index is -0.911. The number of pyridine rings is 1. The van der Waals surface area contributed by atoms with E-state index in [0.29, 0.717) is 32.2 Å². The number of rotatable bonds is 6. The molecule has 1 aromatic carbocycles. The lowest BCUT2D eigenvalue weighted by Gasteiger charge is -2.43. The second-order valence-electron chi connectivity index (χ2n) is 7.07. The van der Waals surface area contributed by atoms with E-state index in [1.807, 2.05) is 48.5 Å². The van der Waals surface area contributed by atoms with Crippen LogP contribution in [0.5, 0.6) is 0 Å². The molecule has 0 radical (unpaired) electrons. The molecule has 5 heteroatoms. The molecular formula is C21H27N3O2. The lowest BCUT2D eigenvalue weighted by Crippen LogP contribution is -2.62. The molecule has 0 aliphatic carbocycles. The topological polar surface area (TPSA) is 54.5 Å². The van der Waals surface area contributed by atoms with Crippen molar-refractivity contribution in [2.24, 2.45) is 0 Å². The van der Waals surface area contributed by atoms with Crippen molar-refractivity contribution in [3.05, 3.63) is 66.0 Å². The minimum absolute atomic E-state index is 0.0719. The van der Waals surface area contributed by atoms with Gasteiger partial charge in [-0.3, -0.25) is 14.7 Å². The molecule has 3 rings (SSSR count). The molecule has 0 spiro atoms. The first-order chi connectivity index (χ1) is 12.6. The zero-order valence-electron chi connectivity index (χ0n) is 15.5. The number of hydrogen-bond donors (Lipinski definition) is 1. The molecule has 1 N–H and O–H groups in total. The molecule has 1 saturated heterocycles. The Labute approximate surface area is 155 Å². The number of nitrogens with one attached hydrogen (secondary N) is 1. The van der Waals surface area contributed by atoms with Crippen LogP contribution in [0, 0.1) is 0 Å². The van der Waals surface area contributed by atoms with Crippen LogP contribution in [0.3, 0.4) is 0 Å². The summed E-state index contributed by atoms with van der Waals surface area (Å²) in [4.78, 5) is 19.9. The second-order valence-corrected chi connectivity index (χ2v) is 7.07. The van der Waals surface area contributed by atoms with Crippen molar-refractivity contribution < 1.29 is 9.53 Å². The third kappa shape index (κ3) is 4.48. The van der Waals surface area contributed by atoms with E-state index in [1.54, 1.807) is 6.20 Å². The Kier molecular flexibility index (Phi) is 6.01. The van der Waals surface area contributed by atoms with Crippen molar-refractivity contribution in [3.63, 3.8) is 0 Å². The van der Waals surface area contributed by atoms with Crippen LogP contribution in [-0.2, 0) is 22.5 Å². The maximum atomic E-state index is 13.2. The van der Waals surface area contributed by atoms with E-state index in [9.17, 15) is 4.79 Å². The lowest BCUT2D eigenvalue weighted by atomic mass is 9.92. The molecule has 1 fully saturated rings. The Morgan fingerprint density at radius 1 is 1.23 bits per heavy atom. The SMILES string of the molecule is CC(C)N1CCO[C@](Cc2ccccn2)(C(=O)NCc2ccccc2)C1. The fourth-order valence-electron chi connectivity index (χ4n) is 3.31. The van der Waals surface area contributed by atoms with E-state index in [2.05, 4.69) is 29.0 Å². The van der Waals surface area contributed by atoms with E-state index in [4.69, 9.17) is 4.74 Å². The van der Waals surface area contributed by atoms with Crippen LogP contribution < -0.4 is 5.32 Å². The van der Waals surface area contributed by atoms with Crippen molar-refractivity contribution in [1.29, 1.82) is 0 Å². The summed E-state index contributed by atoms with van der Waals surface area (Å²) in [6.45, 7) is 6.76. The van der Waals surface area contributed by atoms with Crippen molar-refractivity contribution >= 4 is 5.91 Å². The van der Waals surface area contributed by atoms with Crippen molar-refractivity contribution in [1.82, 2.24) is 15.2 Å². The van der Waals surface area contributed by atoms with Gasteiger partial charge in [-0.05, 0) is 31.5 Å². The Bertz CT molecular complexity index is 706. The van der Waals surface area contributed by atoms with Crippen molar-refractivity contribution in [2.75, 3.05) is 19.7 Å². The lowest BCUT2D eigenvalue weighted by molar-refractivity contribution is -0.162. The quantitative estimate of drug-likeness (QED) is 0.867. The number of amides is 1. The number of nitrogens with zero attached hydrogens (tertiary/aromatic N) is 2. The van der Waals surface area contributed by atoms with Crippen LogP contribution in [-0.4, -0.2) is 47.1 Å². The average molecular weight is 353 g/mol. The summed E-state index contributed by atoms with van der Waals surface area (Å²) in [5.74, 6) is -0.0719. The van der Waals surface area contributed by atoms with Gasteiger partial charge in [0.15, 0.2) is 5.60 Å². The fraction of sp³-hybridized carbons (Fsp3) is 0.429. The Morgan fingerprint density at radius 3 is 2.69 bits per heavy atom. The van der Waals surface area contributed by atoms with E-state index < -0.39 is 5.60 Å². The van der Waals surface area contributed by atoms with Gasteiger partial charge < -0.3 is 10.1 Å². The maximum absolute atomic E-state index is 13.2. The van der Waals surface area contributed by atoms with E-state index >= 15 is 0 Å². The second kappa shape index (κ2) is 8.43. The molecule has 2 aromatic rings. The summed E-state index contributed by atoms with van der Waals surface area (Å²) < 4.78 is 6.11. The average Bonchev–Trinajstić information content (AvgIpc) is 2.68. The largest absolute Gasteiger partial charge is 0.362 e. The third-order valence-electron chi connectivity index (χ3n) is 4.85. The minimum Gasteiger partial charge on any atom is -0.362 e. The van der Waals surface area contributed by atoms with E-state index in [-0.39, 0.29) is 5.91 Å². The summed E-state index contributed by atoms with van der Waals surface area (Å²) in [5.41, 5.74) is 1.03. The number of morpholine rings is 1. The zero-order chi connectivity index (χ0) is 18.4. The van der Waals surface area contributed by atoms with Crippen molar-refractivity contribution in [3.8, 4) is 0 Å². The Morgan fingerprint density at radius 2 is 2.00 bits per heavy atom. The van der Waals surface area contributed by atoms with Crippen LogP contribution in [0.15, 0.2) is 54.7 Å². The molecule has 1 aliphatic rings. The summed E-state index contributed by atoms with van der Waals surface area (Å²) in [6.07, 6.45) is 2.23. The van der Waals surface area contributed by atoms with Crippen LogP contribution in [0.2, 0.25) is 0 Å². The van der Waals surface area contributed by atoms with Gasteiger partial charge in [-0.25, -0.2) is 0 Å². The third-order valence-corrected chi connectivity index (χ3v) is 4.85. The highest BCUT2D eigenvalue weighted by molar-refractivity contribution is 5.86. The van der Waals surface area contributed by atoms with Gasteiger partial charge in [0.25, 0.3) is 5.91 Å². The molecule has 26 heavy (non-hydrogen) atoms. The number of carbonyl (C=O) groups is 1. The predicted octanol–water partition coefficient (Wildman–Crippen LogP) is 2.42. The number of aromatic nitrogens is 1. The summed E-state index contributed by atoms with van der Waals surface area (Å²) >= 11 is 0. The van der Waals surface area contributed by atoms with Crippen molar-refractivity contribution in [2.45, 2.75) is 38.5 Å². The normalized spacial score (nSPS) is 20.9. The van der Waals surface area contributed by atoms with Gasteiger partial charge in [0.2, 0.25) is 0 Å². The maximum Gasteiger partial charge on any atom is 0.254 e. The highest BCUT2D eigenvalue weighted by Crippen LogP contribution is 2.24. The number of benzene rings is 1. The van der Waals surface area contributed by atoms with Crippen LogP contribution in [0.1, 0.15) is 25.1 Å². The van der Waals surface area contributed by atoms with Gasteiger partial charge >= 0.3 is 0 Å². The predicted molar refractivity (Wildman–Crippen MR) is 102 cm³/mol. The fourth-order valence-corrected chi connectivity index (χ4v) is 3.31. The van der Waals surface area contributed by atoms with Gasteiger partial charge in [0.1, 0.15) is 0 Å². The van der Waals surface area contributed by atoms with Gasteiger partial charge in [0, 0.05) is 44.0 Å². The van der Waals surface area contributed by atoms with E-state index in [1.165, 1.54) is 0 Å². The molecule has 0 saturated carbocycles. The standard InChI is InChI=1S/C21H27N3O2/c1-17(2)24-12-13-26-21(16-24,14-19-10-6-7-11-22-19)20(25)23-15-18-8-4-3-5-9-18/h3-11,17H,12-16H2,1-2H3,(H,23,25)/t21-/m0/s1. The van der Waals surface area contributed by atoms with Crippen LogP contribution >= 0.6 is 0 Å². The molecule has 1 amide bonds. The molecule has 1 aromatic heterocycles. The first-order valence-electron chi connectivity index (χ1n) is 9.19. The number of carbonyl (C=O) groups excluding carboxylic acids is 1. The Hall–Kier alpha value is -2.24. The molecule has 1 aliphatic heterocycles. The van der Waals surface area contributed by atoms with Gasteiger partial charge in [-0.1, -0.05) is 36.4 Å². The number of ether oxygens (including phenoxy) is 1. The van der Waals surface area contributed by atoms with Crippen LogP contribution in [0.4, 0.5) is 0 Å². The molecule has 2 heterocycles. The van der Waals surface area contributed by atoms with Gasteiger partial charge in [0.05, 0.1) is 6.61 Å². The van der Waals surface area contributed by atoms with Gasteiger partial charge in [-0.2, -0.15) is 0 Å². The van der Waals surface area contributed by atoms with Crippen LogP contribution in [0.25, 0.3) is 0 Å². The zero-order valence-corrected chi connectivity index (χ0v) is 15.5. The molecule has 138 valence electrons. The first kappa shape index (κ1) is 18.5. The molecule has 0 unspecified atom stereocenters. The van der Waals surface area contributed by atoms with Gasteiger partial charge in [-0.15, -0.1) is 0 Å². The van der Waals surface area contributed by atoms with E-state index in [0.717, 1.165) is 17.8 Å². The summed E-state index contributed by atoms with van der Waals surface area (Å²) in [6, 6.07) is 16.1. The number of hydrogen-bond acceptors (Lipinski definition) is 4. The molecular weight excluding hydrogens is 326 g/mol. The molecule has 1 atom stereocenters. The molecule has 5 nitrogen and oxygen atoms in total. The smallest absolute Gasteiger partial charge is 0.254 e. The summed E-state index contributed by atoms with van der Waals surface area (Å²) in [7, 11) is 0. The highest BCUT2D eigenvalue weighted by Gasteiger charge is 2.44. The summed E-state index contributed by atoms with van der Waals surface area (Å²) in [5, 5.41) is 3.07. The Balaban J connectivity index is 1.78.